The van der Waals surface area contributed by atoms with Gasteiger partial charge < -0.3 is 4.42 Å². The number of nitrogens with zero attached hydrogens (tertiary/aromatic N) is 2. The number of fused-ring (bicyclic) bond motifs is 1. The molecule has 2 aromatic rings. The third kappa shape index (κ3) is 3.10. The van der Waals surface area contributed by atoms with E-state index in [0.717, 1.165) is 0 Å². The van der Waals surface area contributed by atoms with E-state index in [4.69, 9.17) is 4.42 Å². The summed E-state index contributed by atoms with van der Waals surface area (Å²) in [5.74, 6) is -0.515. The van der Waals surface area contributed by atoms with Gasteiger partial charge in [-0.1, -0.05) is 13.8 Å². The van der Waals surface area contributed by atoms with E-state index in [0.29, 0.717) is 23.4 Å². The molecule has 138 valence electrons. The molecule has 0 fully saturated rings. The number of benzene rings is 1. The smallest absolute Gasteiger partial charge is 0.261 e. The van der Waals surface area contributed by atoms with Crippen molar-refractivity contribution in [3.63, 3.8) is 0 Å². The molecular formula is C20H19N3O4. The predicted molar refractivity (Wildman–Crippen MR) is 97.5 cm³/mol. The summed E-state index contributed by atoms with van der Waals surface area (Å²) in [6.45, 7) is 7.60. The van der Waals surface area contributed by atoms with Crippen LogP contribution >= 0.6 is 0 Å². The summed E-state index contributed by atoms with van der Waals surface area (Å²) in [5.41, 5.74) is 1.63. The highest BCUT2D eigenvalue weighted by molar-refractivity contribution is 6.22. The van der Waals surface area contributed by atoms with Gasteiger partial charge >= 0.3 is 0 Å². The number of imide groups is 1. The Balaban J connectivity index is 1.89. The van der Waals surface area contributed by atoms with Crippen LogP contribution in [0.25, 0.3) is 0 Å². The first-order valence-corrected chi connectivity index (χ1v) is 8.56. The molecule has 0 aliphatic carbocycles. The topological polar surface area (TPSA) is 103 Å². The van der Waals surface area contributed by atoms with E-state index in [1.807, 2.05) is 19.9 Å². The molecule has 2 heterocycles. The molecule has 0 saturated carbocycles. The summed E-state index contributed by atoms with van der Waals surface area (Å²) in [6.07, 6.45) is 0. The molecule has 3 amide bonds. The van der Waals surface area contributed by atoms with Crippen molar-refractivity contribution in [2.45, 2.75) is 27.7 Å². The van der Waals surface area contributed by atoms with Crippen LogP contribution in [0, 0.1) is 31.1 Å². The van der Waals surface area contributed by atoms with Gasteiger partial charge in [0.05, 0.1) is 11.1 Å². The van der Waals surface area contributed by atoms with Gasteiger partial charge in [-0.3, -0.25) is 24.6 Å². The van der Waals surface area contributed by atoms with Crippen molar-refractivity contribution in [1.82, 2.24) is 4.90 Å². The second-order valence-electron chi connectivity index (χ2n) is 6.93. The molecule has 0 spiro atoms. The number of hydrogen-bond donors (Lipinski definition) is 1. The Labute approximate surface area is 156 Å². The number of hydrogen-bond acceptors (Lipinski definition) is 5. The molecule has 0 atom stereocenters. The van der Waals surface area contributed by atoms with Gasteiger partial charge in [-0.15, -0.1) is 0 Å². The molecule has 1 N–H and O–H groups in total. The zero-order valence-electron chi connectivity index (χ0n) is 15.5. The summed E-state index contributed by atoms with van der Waals surface area (Å²) in [7, 11) is 0. The number of furan rings is 1. The number of aryl methyl sites for hydroxylation is 1. The summed E-state index contributed by atoms with van der Waals surface area (Å²) < 4.78 is 5.44. The summed E-state index contributed by atoms with van der Waals surface area (Å²) in [6, 6.07) is 6.37. The van der Waals surface area contributed by atoms with E-state index in [9.17, 15) is 19.6 Å². The molecular weight excluding hydrogens is 346 g/mol. The monoisotopic (exact) mass is 365 g/mol. The van der Waals surface area contributed by atoms with Gasteiger partial charge in [-0.2, -0.15) is 5.26 Å². The minimum absolute atomic E-state index is 0.0711. The van der Waals surface area contributed by atoms with Gasteiger partial charge in [0.1, 0.15) is 17.4 Å². The predicted octanol–water partition coefficient (Wildman–Crippen LogP) is 3.27. The van der Waals surface area contributed by atoms with Crippen LogP contribution in [0.3, 0.4) is 0 Å². The number of carbonyl (C=O) groups is 3. The van der Waals surface area contributed by atoms with Crippen molar-refractivity contribution in [1.29, 1.82) is 5.26 Å². The third-order valence-electron chi connectivity index (χ3n) is 4.50. The first-order valence-electron chi connectivity index (χ1n) is 8.56. The van der Waals surface area contributed by atoms with Gasteiger partial charge in [0, 0.05) is 17.7 Å². The second kappa shape index (κ2) is 6.72. The standard InChI is InChI=1S/C20H19N3O4/c1-10(2)9-23-19(25)14-6-5-13(7-15(14)20(23)26)17(24)22-18-16(8-21)11(3)12(4)27-18/h5-7,10H,9H2,1-4H3,(H,22,24). The number of nitriles is 1. The zero-order valence-corrected chi connectivity index (χ0v) is 15.5. The average Bonchev–Trinajstić information content (AvgIpc) is 3.02. The Morgan fingerprint density at radius 1 is 1.22 bits per heavy atom. The fourth-order valence-corrected chi connectivity index (χ4v) is 2.99. The first kappa shape index (κ1) is 18.4. The lowest BCUT2D eigenvalue weighted by Gasteiger charge is -2.15. The van der Waals surface area contributed by atoms with Crippen molar-refractivity contribution >= 4 is 23.6 Å². The van der Waals surface area contributed by atoms with Crippen molar-refractivity contribution in [2.24, 2.45) is 5.92 Å². The molecule has 0 bridgehead atoms. The quantitative estimate of drug-likeness (QED) is 0.838. The van der Waals surface area contributed by atoms with Gasteiger partial charge in [0.15, 0.2) is 0 Å². The highest BCUT2D eigenvalue weighted by Gasteiger charge is 2.36. The van der Waals surface area contributed by atoms with E-state index in [2.05, 4.69) is 5.32 Å². The Morgan fingerprint density at radius 2 is 1.89 bits per heavy atom. The maximum absolute atomic E-state index is 12.6. The summed E-state index contributed by atoms with van der Waals surface area (Å²) in [4.78, 5) is 38.7. The molecule has 0 radical (unpaired) electrons. The van der Waals surface area contributed by atoms with E-state index in [1.54, 1.807) is 13.8 Å². The number of anilines is 1. The fraction of sp³-hybridized carbons (Fsp3) is 0.300. The molecule has 1 aromatic heterocycles. The fourth-order valence-electron chi connectivity index (χ4n) is 2.99. The van der Waals surface area contributed by atoms with E-state index in [-0.39, 0.29) is 34.4 Å². The van der Waals surface area contributed by atoms with Crippen LogP contribution in [0.4, 0.5) is 5.88 Å². The minimum atomic E-state index is -0.523. The third-order valence-corrected chi connectivity index (χ3v) is 4.50. The van der Waals surface area contributed by atoms with Crippen LogP contribution in [0.1, 0.15) is 61.8 Å². The number of nitrogens with one attached hydrogen (secondary N) is 1. The second-order valence-corrected chi connectivity index (χ2v) is 6.93. The van der Waals surface area contributed by atoms with Crippen LogP contribution < -0.4 is 5.32 Å². The lowest BCUT2D eigenvalue weighted by molar-refractivity contribution is 0.0636. The molecule has 3 rings (SSSR count). The van der Waals surface area contributed by atoms with E-state index < -0.39 is 11.8 Å². The van der Waals surface area contributed by atoms with Gasteiger partial charge in [0.25, 0.3) is 17.7 Å². The van der Waals surface area contributed by atoms with Crippen molar-refractivity contribution in [3.05, 3.63) is 51.8 Å². The van der Waals surface area contributed by atoms with Crippen molar-refractivity contribution in [2.75, 3.05) is 11.9 Å². The molecule has 27 heavy (non-hydrogen) atoms. The highest BCUT2D eigenvalue weighted by atomic mass is 16.4. The Bertz CT molecular complexity index is 1010. The average molecular weight is 365 g/mol. The van der Waals surface area contributed by atoms with Gasteiger partial charge in [0.2, 0.25) is 5.88 Å². The minimum Gasteiger partial charge on any atom is -0.444 e. The van der Waals surface area contributed by atoms with Gasteiger partial charge in [-0.25, -0.2) is 0 Å². The molecule has 1 aromatic carbocycles. The molecule has 0 saturated heterocycles. The lowest BCUT2D eigenvalue weighted by Crippen LogP contribution is -2.33. The largest absolute Gasteiger partial charge is 0.444 e. The molecule has 7 heteroatoms. The molecule has 1 aliphatic heterocycles. The van der Waals surface area contributed by atoms with Crippen molar-refractivity contribution < 1.29 is 18.8 Å². The van der Waals surface area contributed by atoms with Crippen LogP contribution in [0.2, 0.25) is 0 Å². The molecule has 1 aliphatic rings. The van der Waals surface area contributed by atoms with E-state index in [1.165, 1.54) is 23.1 Å². The molecule has 0 unspecified atom stereocenters. The Kier molecular flexibility index (Phi) is 4.58. The van der Waals surface area contributed by atoms with Crippen LogP contribution in [-0.2, 0) is 0 Å². The number of amides is 3. The highest BCUT2D eigenvalue weighted by Crippen LogP contribution is 2.28. The molecule has 7 nitrogen and oxygen atoms in total. The van der Waals surface area contributed by atoms with Crippen molar-refractivity contribution in [3.8, 4) is 6.07 Å². The Morgan fingerprint density at radius 3 is 2.52 bits per heavy atom. The maximum atomic E-state index is 12.6. The zero-order chi connectivity index (χ0) is 19.9. The lowest BCUT2D eigenvalue weighted by atomic mass is 10.1. The normalized spacial score (nSPS) is 13.1. The SMILES string of the molecule is Cc1oc(NC(=O)c2ccc3c(c2)C(=O)N(CC(C)C)C3=O)c(C#N)c1C. The summed E-state index contributed by atoms with van der Waals surface area (Å²) in [5, 5.41) is 11.8. The first-order chi connectivity index (χ1) is 12.7. The van der Waals surface area contributed by atoms with Gasteiger partial charge in [-0.05, 0) is 38.0 Å². The Hall–Kier alpha value is -3.40. The van der Waals surface area contributed by atoms with E-state index >= 15 is 0 Å². The van der Waals surface area contributed by atoms with Crippen LogP contribution in [0.15, 0.2) is 22.6 Å². The summed E-state index contributed by atoms with van der Waals surface area (Å²) >= 11 is 0. The number of rotatable bonds is 4. The van der Waals surface area contributed by atoms with Crippen LogP contribution in [-0.4, -0.2) is 29.2 Å². The maximum Gasteiger partial charge on any atom is 0.261 e. The number of carbonyl (C=O) groups excluding carboxylic acids is 3. The van der Waals surface area contributed by atoms with Crippen LogP contribution in [0.5, 0.6) is 0 Å².